The molecule has 1 aromatic carbocycles. The Labute approximate surface area is 233 Å². The van der Waals surface area contributed by atoms with Gasteiger partial charge in [0, 0.05) is 5.56 Å². The third-order valence-corrected chi connectivity index (χ3v) is 7.09. The van der Waals surface area contributed by atoms with Crippen molar-refractivity contribution in [3.05, 3.63) is 50.4 Å². The molecule has 4 aromatic rings. The summed E-state index contributed by atoms with van der Waals surface area (Å²) in [7, 11) is 0. The molecule has 4 rings (SSSR count). The van der Waals surface area contributed by atoms with Crippen LogP contribution in [-0.2, 0) is 11.3 Å². The van der Waals surface area contributed by atoms with E-state index in [2.05, 4.69) is 30.5 Å². The van der Waals surface area contributed by atoms with Gasteiger partial charge in [-0.25, -0.2) is 19.7 Å². The highest BCUT2D eigenvalue weighted by molar-refractivity contribution is 7.11. The number of nitrogens with two attached hydrogens (primary N) is 1. The molecule has 0 saturated carbocycles. The SMILES string of the molecule is Cc1nnc([C@H](N)CCCOc2ccc(Cl)c(Cl)c2Cn2cnc3c(NC(=O)OC(C)(C)C)ncnc32)s1. The van der Waals surface area contributed by atoms with Crippen LogP contribution in [0.4, 0.5) is 10.6 Å². The number of carbonyl (C=O) groups is 1. The first-order valence-electron chi connectivity index (χ1n) is 11.8. The second-order valence-electron chi connectivity index (χ2n) is 9.49. The van der Waals surface area contributed by atoms with Gasteiger partial charge in [0.2, 0.25) is 0 Å². The summed E-state index contributed by atoms with van der Waals surface area (Å²) in [5.74, 6) is 0.821. The van der Waals surface area contributed by atoms with Gasteiger partial charge < -0.3 is 19.8 Å². The van der Waals surface area contributed by atoms with Gasteiger partial charge in [-0.15, -0.1) is 21.5 Å². The quantitative estimate of drug-likeness (QED) is 0.244. The van der Waals surface area contributed by atoms with Gasteiger partial charge in [-0.3, -0.25) is 5.32 Å². The maximum Gasteiger partial charge on any atom is 0.413 e. The molecule has 0 fully saturated rings. The summed E-state index contributed by atoms with van der Waals surface area (Å²) >= 11 is 14.4. The molecule has 0 aliphatic rings. The number of halogens is 2. The number of ether oxygens (including phenoxy) is 2. The predicted molar refractivity (Wildman–Crippen MR) is 147 cm³/mol. The maximum absolute atomic E-state index is 12.3. The summed E-state index contributed by atoms with van der Waals surface area (Å²) in [4.78, 5) is 25.1. The molecule has 202 valence electrons. The lowest BCUT2D eigenvalue weighted by atomic mass is 10.1. The summed E-state index contributed by atoms with van der Waals surface area (Å²) in [6, 6.07) is 3.27. The average Bonchev–Trinajstić information content (AvgIpc) is 3.46. The highest BCUT2D eigenvalue weighted by atomic mass is 35.5. The number of nitrogens with one attached hydrogen (secondary N) is 1. The fraction of sp³-hybridized carbons (Fsp3) is 0.417. The topological polar surface area (TPSA) is 143 Å². The lowest BCUT2D eigenvalue weighted by Gasteiger charge is -2.19. The Morgan fingerprint density at radius 2 is 2.00 bits per heavy atom. The van der Waals surface area contributed by atoms with Crippen LogP contribution in [0.25, 0.3) is 11.2 Å². The van der Waals surface area contributed by atoms with Gasteiger partial charge in [0.25, 0.3) is 0 Å². The number of aryl methyl sites for hydroxylation is 1. The van der Waals surface area contributed by atoms with Crippen molar-refractivity contribution in [2.24, 2.45) is 5.73 Å². The summed E-state index contributed by atoms with van der Waals surface area (Å²) < 4.78 is 13.2. The third kappa shape index (κ3) is 6.87. The van der Waals surface area contributed by atoms with E-state index in [1.807, 2.05) is 6.92 Å². The highest BCUT2D eigenvalue weighted by Crippen LogP contribution is 2.35. The standard InChI is InChI=1S/C24H28Cl2N8O3S/c1-13-32-33-22(38-13)16(27)6-5-9-36-17-8-7-15(25)18(26)14(17)10-34-12-30-19-20(28-11-29-21(19)34)31-23(35)37-24(2,3)4/h7-8,11-12,16H,5-6,9-10,27H2,1-4H3,(H,28,29,31,35)/t16-/m1/s1. The number of hydrogen-bond acceptors (Lipinski definition) is 10. The Kier molecular flexibility index (Phi) is 8.66. The van der Waals surface area contributed by atoms with Crippen LogP contribution in [0.3, 0.4) is 0 Å². The molecule has 14 heteroatoms. The molecule has 0 unspecified atom stereocenters. The summed E-state index contributed by atoms with van der Waals surface area (Å²) in [5.41, 5.74) is 7.14. The minimum absolute atomic E-state index is 0.196. The van der Waals surface area contributed by atoms with Crippen LogP contribution in [0, 0.1) is 6.92 Å². The second kappa shape index (κ2) is 11.8. The molecule has 0 aliphatic carbocycles. The van der Waals surface area contributed by atoms with Gasteiger partial charge in [0.05, 0.1) is 35.6 Å². The van der Waals surface area contributed by atoms with E-state index >= 15 is 0 Å². The molecule has 1 atom stereocenters. The lowest BCUT2D eigenvalue weighted by molar-refractivity contribution is 0.0635. The van der Waals surface area contributed by atoms with Gasteiger partial charge in [-0.2, -0.15) is 0 Å². The molecule has 3 N–H and O–H groups in total. The number of nitrogens with zero attached hydrogens (tertiary/aromatic N) is 6. The fourth-order valence-corrected chi connectivity index (χ4v) is 4.71. The van der Waals surface area contributed by atoms with E-state index in [4.69, 9.17) is 38.4 Å². The van der Waals surface area contributed by atoms with Crippen LogP contribution in [0.1, 0.15) is 55.2 Å². The largest absolute Gasteiger partial charge is 0.493 e. The third-order valence-electron chi connectivity index (χ3n) is 5.28. The first kappa shape index (κ1) is 28.0. The smallest absolute Gasteiger partial charge is 0.413 e. The van der Waals surface area contributed by atoms with Crippen molar-refractivity contribution in [3.8, 4) is 5.75 Å². The van der Waals surface area contributed by atoms with Gasteiger partial charge >= 0.3 is 6.09 Å². The number of aromatic nitrogens is 6. The zero-order valence-electron chi connectivity index (χ0n) is 21.4. The molecular weight excluding hydrogens is 551 g/mol. The minimum Gasteiger partial charge on any atom is -0.493 e. The molecule has 0 radical (unpaired) electrons. The first-order valence-corrected chi connectivity index (χ1v) is 13.4. The van der Waals surface area contributed by atoms with Crippen LogP contribution < -0.4 is 15.8 Å². The van der Waals surface area contributed by atoms with Gasteiger partial charge in [0.15, 0.2) is 17.0 Å². The normalized spacial score (nSPS) is 12.5. The maximum atomic E-state index is 12.3. The summed E-state index contributed by atoms with van der Waals surface area (Å²) in [5, 5.41) is 13.2. The monoisotopic (exact) mass is 578 g/mol. The fourth-order valence-electron chi connectivity index (χ4n) is 3.59. The first-order chi connectivity index (χ1) is 18.0. The Hall–Kier alpha value is -3.06. The van der Waals surface area contributed by atoms with Crippen LogP contribution in [0.5, 0.6) is 5.75 Å². The van der Waals surface area contributed by atoms with Crippen molar-refractivity contribution in [2.45, 2.75) is 58.7 Å². The Balaban J connectivity index is 1.48. The van der Waals surface area contributed by atoms with E-state index in [1.54, 1.807) is 43.8 Å². The van der Waals surface area contributed by atoms with E-state index in [0.717, 1.165) is 10.0 Å². The van der Waals surface area contributed by atoms with Crippen LogP contribution in [-0.4, -0.2) is 48.0 Å². The number of imidazole rings is 1. The number of rotatable bonds is 9. The number of carbonyl (C=O) groups excluding carboxylic acids is 1. The molecular formula is C24H28Cl2N8O3S. The van der Waals surface area contributed by atoms with E-state index in [0.29, 0.717) is 52.0 Å². The molecule has 0 saturated heterocycles. The molecule has 11 nitrogen and oxygen atoms in total. The van der Waals surface area contributed by atoms with E-state index in [1.165, 1.54) is 17.7 Å². The van der Waals surface area contributed by atoms with Crippen LogP contribution in [0.15, 0.2) is 24.8 Å². The predicted octanol–water partition coefficient (Wildman–Crippen LogP) is 5.55. The molecule has 38 heavy (non-hydrogen) atoms. The number of amides is 1. The molecule has 1 amide bonds. The van der Waals surface area contributed by atoms with Crippen molar-refractivity contribution < 1.29 is 14.3 Å². The number of benzene rings is 1. The van der Waals surface area contributed by atoms with Crippen molar-refractivity contribution in [1.29, 1.82) is 0 Å². The zero-order valence-corrected chi connectivity index (χ0v) is 23.7. The number of hydrogen-bond donors (Lipinski definition) is 2. The van der Waals surface area contributed by atoms with E-state index in [9.17, 15) is 4.79 Å². The minimum atomic E-state index is -0.655. The zero-order chi connectivity index (χ0) is 27.4. The molecule has 3 heterocycles. The van der Waals surface area contributed by atoms with Gasteiger partial charge in [-0.05, 0) is 52.7 Å². The Morgan fingerprint density at radius 3 is 2.71 bits per heavy atom. The van der Waals surface area contributed by atoms with Crippen LogP contribution >= 0.6 is 34.5 Å². The van der Waals surface area contributed by atoms with E-state index in [-0.39, 0.29) is 18.4 Å². The molecule has 0 bridgehead atoms. The highest BCUT2D eigenvalue weighted by Gasteiger charge is 2.20. The number of anilines is 1. The summed E-state index contributed by atoms with van der Waals surface area (Å²) in [6.07, 6.45) is 3.69. The summed E-state index contributed by atoms with van der Waals surface area (Å²) in [6.45, 7) is 7.93. The van der Waals surface area contributed by atoms with Gasteiger partial charge in [-0.1, -0.05) is 23.2 Å². The van der Waals surface area contributed by atoms with E-state index < -0.39 is 11.7 Å². The molecule has 0 spiro atoms. The van der Waals surface area contributed by atoms with Crippen molar-refractivity contribution in [3.63, 3.8) is 0 Å². The van der Waals surface area contributed by atoms with Gasteiger partial charge in [0.1, 0.15) is 27.7 Å². The Bertz CT molecular complexity index is 1440. The Morgan fingerprint density at radius 1 is 1.21 bits per heavy atom. The molecule has 0 aliphatic heterocycles. The second-order valence-corrected chi connectivity index (χ2v) is 11.5. The average molecular weight is 580 g/mol. The van der Waals surface area contributed by atoms with Crippen molar-refractivity contribution in [1.82, 2.24) is 29.7 Å². The van der Waals surface area contributed by atoms with Crippen LogP contribution in [0.2, 0.25) is 10.0 Å². The molecule has 3 aromatic heterocycles. The van der Waals surface area contributed by atoms with Crippen molar-refractivity contribution >= 4 is 57.6 Å². The lowest BCUT2D eigenvalue weighted by Crippen LogP contribution is -2.27. The number of fused-ring (bicyclic) bond motifs is 1. The van der Waals surface area contributed by atoms with Crippen molar-refractivity contribution in [2.75, 3.05) is 11.9 Å².